The van der Waals surface area contributed by atoms with Gasteiger partial charge in [0.25, 0.3) is 5.91 Å². The molecule has 3 rings (SSSR count). The zero-order valence-corrected chi connectivity index (χ0v) is 14.9. The molecule has 1 amide bonds. The van der Waals surface area contributed by atoms with E-state index in [2.05, 4.69) is 22.3 Å². The minimum absolute atomic E-state index is 0.199. The van der Waals surface area contributed by atoms with Crippen molar-refractivity contribution in [1.29, 1.82) is 0 Å². The number of hydrogen-bond donors (Lipinski definition) is 1. The number of halogens is 1. The Bertz CT molecular complexity index is 720. The van der Waals surface area contributed by atoms with Gasteiger partial charge >= 0.3 is 0 Å². The Labute approximate surface area is 147 Å². The second kappa shape index (κ2) is 7.34. The van der Waals surface area contributed by atoms with E-state index in [1.807, 2.05) is 25.1 Å². The van der Waals surface area contributed by atoms with Gasteiger partial charge in [0.2, 0.25) is 5.82 Å². The maximum Gasteiger partial charge on any atom is 0.291 e. The number of carbonyl (C=O) groups excluding carboxylic acids is 1. The molecular formula is C18H23ClN4O. The van der Waals surface area contributed by atoms with Gasteiger partial charge in [-0.15, -0.1) is 5.10 Å². The molecule has 1 saturated carbocycles. The molecule has 1 heterocycles. The summed E-state index contributed by atoms with van der Waals surface area (Å²) in [5.41, 5.74) is 0.744. The Hall–Kier alpha value is -1.88. The summed E-state index contributed by atoms with van der Waals surface area (Å²) in [6.07, 6.45) is 5.04. The second-order valence-electron chi connectivity index (χ2n) is 6.50. The van der Waals surface area contributed by atoms with Crippen molar-refractivity contribution >= 4 is 17.5 Å². The molecule has 0 radical (unpaired) electrons. The van der Waals surface area contributed by atoms with Gasteiger partial charge in [0.1, 0.15) is 5.82 Å². The molecule has 1 fully saturated rings. The highest BCUT2D eigenvalue weighted by atomic mass is 35.5. The molecule has 128 valence electrons. The van der Waals surface area contributed by atoms with E-state index in [9.17, 15) is 4.79 Å². The van der Waals surface area contributed by atoms with Crippen molar-refractivity contribution in [2.24, 2.45) is 5.92 Å². The third-order valence-corrected chi connectivity index (χ3v) is 4.94. The summed E-state index contributed by atoms with van der Waals surface area (Å²) >= 11 is 6.26. The number of benzene rings is 1. The fourth-order valence-electron chi connectivity index (χ4n) is 3.14. The van der Waals surface area contributed by atoms with Crippen molar-refractivity contribution in [2.75, 3.05) is 0 Å². The number of amides is 1. The lowest BCUT2D eigenvalue weighted by molar-refractivity contribution is 0.0912. The summed E-state index contributed by atoms with van der Waals surface area (Å²) in [6.45, 7) is 4.25. The number of carbonyl (C=O) groups is 1. The van der Waals surface area contributed by atoms with Gasteiger partial charge in [-0.3, -0.25) is 4.79 Å². The van der Waals surface area contributed by atoms with Crippen molar-refractivity contribution in [3.8, 4) is 5.69 Å². The number of nitrogens with zero attached hydrogens (tertiary/aromatic N) is 3. The van der Waals surface area contributed by atoms with E-state index in [1.165, 1.54) is 0 Å². The van der Waals surface area contributed by atoms with E-state index in [-0.39, 0.29) is 17.8 Å². The Morgan fingerprint density at radius 3 is 2.67 bits per heavy atom. The van der Waals surface area contributed by atoms with E-state index < -0.39 is 0 Å². The number of nitrogens with one attached hydrogen (secondary N) is 1. The lowest BCUT2D eigenvalue weighted by atomic mass is 9.87. The van der Waals surface area contributed by atoms with Gasteiger partial charge in [-0.05, 0) is 43.7 Å². The van der Waals surface area contributed by atoms with Crippen LogP contribution in [0.4, 0.5) is 0 Å². The molecule has 0 saturated heterocycles. The normalized spacial score (nSPS) is 20.8. The van der Waals surface area contributed by atoms with E-state index in [0.29, 0.717) is 11.4 Å². The molecule has 6 heteroatoms. The number of aryl methyl sites for hydroxylation is 1. The van der Waals surface area contributed by atoms with Crippen molar-refractivity contribution in [3.63, 3.8) is 0 Å². The van der Waals surface area contributed by atoms with Crippen LogP contribution in [-0.2, 0) is 6.42 Å². The molecular weight excluding hydrogens is 324 g/mol. The Balaban J connectivity index is 1.79. The molecule has 0 bridgehead atoms. The highest BCUT2D eigenvalue weighted by Gasteiger charge is 2.23. The van der Waals surface area contributed by atoms with Gasteiger partial charge in [0.15, 0.2) is 0 Å². The largest absolute Gasteiger partial charge is 0.347 e. The van der Waals surface area contributed by atoms with Crippen LogP contribution in [0.2, 0.25) is 5.02 Å². The molecule has 1 aliphatic carbocycles. The van der Waals surface area contributed by atoms with E-state index >= 15 is 0 Å². The van der Waals surface area contributed by atoms with Crippen LogP contribution in [0.5, 0.6) is 0 Å². The summed E-state index contributed by atoms with van der Waals surface area (Å²) in [5, 5.41) is 8.07. The first-order chi connectivity index (χ1) is 11.6. The number of rotatable bonds is 4. The van der Waals surface area contributed by atoms with Crippen molar-refractivity contribution in [1.82, 2.24) is 20.1 Å². The maximum atomic E-state index is 12.5. The molecule has 0 unspecified atom stereocenters. The fourth-order valence-corrected chi connectivity index (χ4v) is 3.36. The lowest BCUT2D eigenvalue weighted by Gasteiger charge is -2.26. The molecule has 0 aliphatic heterocycles. The smallest absolute Gasteiger partial charge is 0.291 e. The van der Waals surface area contributed by atoms with Crippen LogP contribution in [0.3, 0.4) is 0 Å². The highest BCUT2D eigenvalue weighted by Crippen LogP contribution is 2.24. The van der Waals surface area contributed by atoms with Crippen LogP contribution < -0.4 is 5.32 Å². The average Bonchev–Trinajstić information content (AvgIpc) is 3.01. The molecule has 1 N–H and O–H groups in total. The molecule has 2 aromatic rings. The van der Waals surface area contributed by atoms with Gasteiger partial charge in [-0.1, -0.05) is 37.6 Å². The lowest BCUT2D eigenvalue weighted by Crippen LogP contribution is -2.37. The van der Waals surface area contributed by atoms with Gasteiger partial charge in [0, 0.05) is 12.5 Å². The van der Waals surface area contributed by atoms with Crippen LogP contribution in [0.1, 0.15) is 56.0 Å². The fraction of sp³-hybridized carbons (Fsp3) is 0.500. The summed E-state index contributed by atoms with van der Waals surface area (Å²) in [5.74, 6) is 1.49. The van der Waals surface area contributed by atoms with Crippen LogP contribution in [-0.4, -0.2) is 26.7 Å². The number of para-hydroxylation sites is 1. The monoisotopic (exact) mass is 346 g/mol. The highest BCUT2D eigenvalue weighted by molar-refractivity contribution is 6.32. The van der Waals surface area contributed by atoms with Crippen LogP contribution in [0.15, 0.2) is 24.3 Å². The summed E-state index contributed by atoms with van der Waals surface area (Å²) in [6, 6.07) is 7.67. The third-order valence-electron chi connectivity index (χ3n) is 4.63. The Kier molecular flexibility index (Phi) is 5.19. The molecule has 24 heavy (non-hydrogen) atoms. The minimum atomic E-state index is -0.199. The standard InChI is InChI=1S/C18H23ClN4O/c1-3-16-21-17(18(24)20-13-10-8-12(2)9-11-13)22-23(16)15-7-5-4-6-14(15)19/h4-7,12-13H,3,8-11H2,1-2H3,(H,20,24). The predicted molar refractivity (Wildman–Crippen MR) is 94.6 cm³/mol. The van der Waals surface area contributed by atoms with E-state index in [0.717, 1.165) is 43.1 Å². The zero-order valence-electron chi connectivity index (χ0n) is 14.1. The summed E-state index contributed by atoms with van der Waals surface area (Å²) in [4.78, 5) is 16.9. The molecule has 1 aromatic carbocycles. The average molecular weight is 347 g/mol. The van der Waals surface area contributed by atoms with Crippen molar-refractivity contribution in [3.05, 3.63) is 40.9 Å². The first-order valence-corrected chi connectivity index (χ1v) is 8.98. The number of aromatic nitrogens is 3. The number of hydrogen-bond acceptors (Lipinski definition) is 3. The molecule has 0 spiro atoms. The quantitative estimate of drug-likeness (QED) is 0.916. The van der Waals surface area contributed by atoms with Crippen molar-refractivity contribution in [2.45, 2.75) is 52.0 Å². The van der Waals surface area contributed by atoms with Crippen LogP contribution >= 0.6 is 11.6 Å². The summed E-state index contributed by atoms with van der Waals surface area (Å²) in [7, 11) is 0. The molecule has 1 aliphatic rings. The molecule has 5 nitrogen and oxygen atoms in total. The SMILES string of the molecule is CCc1nc(C(=O)NC2CCC(C)CC2)nn1-c1ccccc1Cl. The van der Waals surface area contributed by atoms with E-state index in [1.54, 1.807) is 10.7 Å². The predicted octanol–water partition coefficient (Wildman–Crippen LogP) is 3.79. The van der Waals surface area contributed by atoms with Crippen molar-refractivity contribution < 1.29 is 4.79 Å². The van der Waals surface area contributed by atoms with E-state index in [4.69, 9.17) is 11.6 Å². The third kappa shape index (κ3) is 3.61. The Morgan fingerprint density at radius 1 is 1.29 bits per heavy atom. The van der Waals surface area contributed by atoms with Gasteiger partial charge in [-0.2, -0.15) is 0 Å². The molecule has 0 atom stereocenters. The summed E-state index contributed by atoms with van der Waals surface area (Å²) < 4.78 is 1.67. The maximum absolute atomic E-state index is 12.5. The van der Waals surface area contributed by atoms with Crippen LogP contribution in [0, 0.1) is 5.92 Å². The topological polar surface area (TPSA) is 59.8 Å². The van der Waals surface area contributed by atoms with Gasteiger partial charge in [-0.25, -0.2) is 9.67 Å². The zero-order chi connectivity index (χ0) is 17.1. The van der Waals surface area contributed by atoms with Crippen LogP contribution in [0.25, 0.3) is 5.69 Å². The first-order valence-electron chi connectivity index (χ1n) is 8.60. The minimum Gasteiger partial charge on any atom is -0.347 e. The Morgan fingerprint density at radius 2 is 2.00 bits per heavy atom. The van der Waals surface area contributed by atoms with Gasteiger partial charge < -0.3 is 5.32 Å². The first kappa shape index (κ1) is 17.0. The molecule has 1 aromatic heterocycles. The second-order valence-corrected chi connectivity index (χ2v) is 6.91. The van der Waals surface area contributed by atoms with Gasteiger partial charge in [0.05, 0.1) is 10.7 Å².